The van der Waals surface area contributed by atoms with Crippen molar-refractivity contribution in [2.45, 2.75) is 45.2 Å². The Morgan fingerprint density at radius 3 is 2.43 bits per heavy atom. The van der Waals surface area contributed by atoms with Crippen molar-refractivity contribution in [3.05, 3.63) is 63.7 Å². The lowest BCUT2D eigenvalue weighted by molar-refractivity contribution is 0.102. The number of nitrogens with one attached hydrogen (secondary N) is 3. The van der Waals surface area contributed by atoms with E-state index in [0.29, 0.717) is 18.4 Å². The quantitative estimate of drug-likeness (QED) is 0.632. The average Bonchev–Trinajstić information content (AvgIpc) is 3.00. The molecule has 0 saturated carbocycles. The standard InChI is InChI=1S/C20H22ClF2N3O3S/c1-20(2,3)26-30(28,29)25-17-9-6-12-13(5-8-16(23)18(12)17)19(27)24-11-4-7-15(22)14(21)10-11/h4-5,7-8,10,17,25-26H,6,9H2,1-3H3,(H,24,27)/t17-/m0/s1. The van der Waals surface area contributed by atoms with E-state index >= 15 is 0 Å². The summed E-state index contributed by atoms with van der Waals surface area (Å²) in [5.41, 5.74) is 0.388. The Bertz CT molecular complexity index is 1100. The van der Waals surface area contributed by atoms with Gasteiger partial charge in [0.25, 0.3) is 16.1 Å². The summed E-state index contributed by atoms with van der Waals surface area (Å²) in [4.78, 5) is 12.7. The maximum atomic E-state index is 14.6. The second-order valence-corrected chi connectivity index (χ2v) is 9.99. The van der Waals surface area contributed by atoms with Gasteiger partial charge in [-0.3, -0.25) is 4.79 Å². The van der Waals surface area contributed by atoms with E-state index in [4.69, 9.17) is 11.6 Å². The first-order chi connectivity index (χ1) is 13.9. The van der Waals surface area contributed by atoms with Gasteiger partial charge in [0, 0.05) is 22.4 Å². The summed E-state index contributed by atoms with van der Waals surface area (Å²) in [5, 5.41) is 2.47. The van der Waals surface area contributed by atoms with Gasteiger partial charge < -0.3 is 5.32 Å². The number of benzene rings is 2. The van der Waals surface area contributed by atoms with E-state index in [0.717, 1.165) is 12.1 Å². The minimum atomic E-state index is -3.89. The fourth-order valence-electron chi connectivity index (χ4n) is 3.44. The normalized spacial score (nSPS) is 16.4. The number of hydrogen-bond donors (Lipinski definition) is 3. The van der Waals surface area contributed by atoms with Crippen molar-refractivity contribution in [2.24, 2.45) is 0 Å². The van der Waals surface area contributed by atoms with Crippen LogP contribution in [0.2, 0.25) is 5.02 Å². The Morgan fingerprint density at radius 2 is 1.80 bits per heavy atom. The zero-order valence-corrected chi connectivity index (χ0v) is 18.2. The lowest BCUT2D eigenvalue weighted by atomic mass is 10.0. The van der Waals surface area contributed by atoms with Gasteiger partial charge in [0.2, 0.25) is 0 Å². The Hall–Kier alpha value is -2.07. The highest BCUT2D eigenvalue weighted by molar-refractivity contribution is 7.87. The third-order valence-electron chi connectivity index (χ3n) is 4.50. The predicted octanol–water partition coefficient (Wildman–Crippen LogP) is 4.08. The van der Waals surface area contributed by atoms with Crippen molar-refractivity contribution in [1.29, 1.82) is 0 Å². The molecule has 0 aromatic heterocycles. The number of amides is 1. The van der Waals surface area contributed by atoms with Gasteiger partial charge in [-0.05, 0) is 69.5 Å². The second kappa shape index (κ2) is 8.22. The van der Waals surface area contributed by atoms with Crippen LogP contribution < -0.4 is 14.8 Å². The van der Waals surface area contributed by atoms with Crippen LogP contribution in [-0.4, -0.2) is 19.9 Å². The van der Waals surface area contributed by atoms with Gasteiger partial charge in [0.15, 0.2) is 0 Å². The summed E-state index contributed by atoms with van der Waals surface area (Å²) in [5.74, 6) is -1.73. The summed E-state index contributed by atoms with van der Waals surface area (Å²) >= 11 is 5.74. The minimum Gasteiger partial charge on any atom is -0.322 e. The van der Waals surface area contributed by atoms with Crippen molar-refractivity contribution in [1.82, 2.24) is 9.44 Å². The molecule has 0 bridgehead atoms. The van der Waals surface area contributed by atoms with Crippen LogP contribution >= 0.6 is 11.6 Å². The van der Waals surface area contributed by atoms with E-state index in [1.165, 1.54) is 18.2 Å². The van der Waals surface area contributed by atoms with E-state index in [1.807, 2.05) is 0 Å². The van der Waals surface area contributed by atoms with Crippen LogP contribution in [0.3, 0.4) is 0 Å². The number of halogens is 3. The number of anilines is 1. The molecule has 1 amide bonds. The van der Waals surface area contributed by atoms with Crippen LogP contribution in [0.15, 0.2) is 30.3 Å². The lowest BCUT2D eigenvalue weighted by Gasteiger charge is -2.23. The number of rotatable bonds is 5. The minimum absolute atomic E-state index is 0.141. The molecule has 10 heteroatoms. The van der Waals surface area contributed by atoms with Crippen LogP contribution in [0.5, 0.6) is 0 Å². The Kier molecular flexibility index (Phi) is 6.20. The number of hydrogen-bond acceptors (Lipinski definition) is 3. The van der Waals surface area contributed by atoms with Crippen molar-refractivity contribution in [3.8, 4) is 0 Å². The molecule has 30 heavy (non-hydrogen) atoms. The first-order valence-corrected chi connectivity index (χ1v) is 11.1. The highest BCUT2D eigenvalue weighted by Crippen LogP contribution is 2.36. The van der Waals surface area contributed by atoms with Crippen molar-refractivity contribution < 1.29 is 22.0 Å². The predicted molar refractivity (Wildman–Crippen MR) is 112 cm³/mol. The molecule has 0 saturated heterocycles. The van der Waals surface area contributed by atoms with Crippen LogP contribution in [0, 0.1) is 11.6 Å². The van der Waals surface area contributed by atoms with Gasteiger partial charge >= 0.3 is 0 Å². The Morgan fingerprint density at radius 1 is 1.13 bits per heavy atom. The van der Waals surface area contributed by atoms with Gasteiger partial charge in [-0.1, -0.05) is 11.6 Å². The molecular formula is C20H22ClF2N3O3S. The SMILES string of the molecule is CC(C)(C)NS(=O)(=O)N[C@H]1CCc2c(C(=O)Nc3ccc(F)c(Cl)c3)ccc(F)c21. The summed E-state index contributed by atoms with van der Waals surface area (Å²) in [6.45, 7) is 5.08. The summed E-state index contributed by atoms with van der Waals surface area (Å²) in [6, 6.07) is 5.44. The molecule has 162 valence electrons. The molecule has 1 aliphatic rings. The smallest absolute Gasteiger partial charge is 0.277 e. The van der Waals surface area contributed by atoms with Gasteiger partial charge in [-0.25, -0.2) is 8.78 Å². The monoisotopic (exact) mass is 457 g/mol. The summed E-state index contributed by atoms with van der Waals surface area (Å²) < 4.78 is 57.6. The molecule has 1 atom stereocenters. The van der Waals surface area contributed by atoms with E-state index in [-0.39, 0.29) is 21.8 Å². The summed E-state index contributed by atoms with van der Waals surface area (Å²) in [6.07, 6.45) is 0.632. The van der Waals surface area contributed by atoms with E-state index in [1.54, 1.807) is 20.8 Å². The first kappa shape index (κ1) is 22.6. The molecule has 0 spiro atoms. The fraction of sp³-hybridized carbons (Fsp3) is 0.350. The molecule has 1 aliphatic carbocycles. The first-order valence-electron chi connectivity index (χ1n) is 9.25. The maximum absolute atomic E-state index is 14.6. The molecule has 3 N–H and O–H groups in total. The van der Waals surface area contributed by atoms with Crippen molar-refractivity contribution in [2.75, 3.05) is 5.32 Å². The maximum Gasteiger partial charge on any atom is 0.277 e. The molecule has 0 unspecified atom stereocenters. The number of fused-ring (bicyclic) bond motifs is 1. The molecule has 0 heterocycles. The molecule has 2 aromatic carbocycles. The largest absolute Gasteiger partial charge is 0.322 e. The highest BCUT2D eigenvalue weighted by Gasteiger charge is 2.33. The van der Waals surface area contributed by atoms with Crippen LogP contribution in [-0.2, 0) is 16.6 Å². The van der Waals surface area contributed by atoms with Gasteiger partial charge in [-0.2, -0.15) is 17.9 Å². The van der Waals surface area contributed by atoms with Gasteiger partial charge in [0.05, 0.1) is 11.1 Å². The second-order valence-electron chi connectivity index (χ2n) is 8.13. The van der Waals surface area contributed by atoms with Crippen LogP contribution in [0.4, 0.5) is 14.5 Å². The zero-order chi connectivity index (χ0) is 22.3. The molecule has 0 fully saturated rings. The molecule has 0 radical (unpaired) electrons. The molecule has 3 rings (SSSR count). The van der Waals surface area contributed by atoms with Gasteiger partial charge in [-0.15, -0.1) is 0 Å². The fourth-order valence-corrected chi connectivity index (χ4v) is 5.09. The Balaban J connectivity index is 1.87. The zero-order valence-electron chi connectivity index (χ0n) is 16.6. The molecule has 6 nitrogen and oxygen atoms in total. The van der Waals surface area contributed by atoms with Crippen LogP contribution in [0.25, 0.3) is 0 Å². The topological polar surface area (TPSA) is 87.3 Å². The Labute approximate surface area is 179 Å². The average molecular weight is 458 g/mol. The summed E-state index contributed by atoms with van der Waals surface area (Å²) in [7, 11) is -3.89. The van der Waals surface area contributed by atoms with E-state index in [9.17, 15) is 22.0 Å². The van der Waals surface area contributed by atoms with E-state index in [2.05, 4.69) is 14.8 Å². The number of carbonyl (C=O) groups excluding carboxylic acids is 1. The third kappa shape index (κ3) is 5.15. The molecule has 0 aliphatic heterocycles. The molecular weight excluding hydrogens is 436 g/mol. The van der Waals surface area contributed by atoms with Gasteiger partial charge in [0.1, 0.15) is 11.6 Å². The third-order valence-corrected chi connectivity index (χ3v) is 6.26. The lowest BCUT2D eigenvalue weighted by Crippen LogP contribution is -2.47. The van der Waals surface area contributed by atoms with Crippen molar-refractivity contribution >= 4 is 33.4 Å². The molecule has 2 aromatic rings. The van der Waals surface area contributed by atoms with Crippen molar-refractivity contribution in [3.63, 3.8) is 0 Å². The number of carbonyl (C=O) groups is 1. The van der Waals surface area contributed by atoms with E-state index < -0.39 is 39.3 Å². The van der Waals surface area contributed by atoms with Crippen LogP contribution in [0.1, 0.15) is 54.7 Å². The highest BCUT2D eigenvalue weighted by atomic mass is 35.5.